The first-order valence-electron chi connectivity index (χ1n) is 10.2. The van der Waals surface area contributed by atoms with Crippen LogP contribution in [0, 0.1) is 10.1 Å². The smallest absolute Gasteiger partial charge is 0.283 e. The zero-order valence-electron chi connectivity index (χ0n) is 17.9. The number of benzene rings is 2. The van der Waals surface area contributed by atoms with Crippen LogP contribution in [0.25, 0.3) is 11.5 Å². The molecule has 2 heterocycles. The van der Waals surface area contributed by atoms with Crippen LogP contribution < -0.4 is 5.43 Å². The molecule has 1 N–H and O–H groups in total. The number of nitrogens with one attached hydrogen (secondary N) is 1. The number of ketones is 1. The van der Waals surface area contributed by atoms with E-state index in [0.717, 1.165) is 23.7 Å². The molecule has 0 aliphatic carbocycles. The van der Waals surface area contributed by atoms with E-state index in [1.807, 2.05) is 19.1 Å². The van der Waals surface area contributed by atoms with Gasteiger partial charge in [0.05, 0.1) is 10.6 Å². The van der Waals surface area contributed by atoms with Crippen molar-refractivity contribution in [2.24, 2.45) is 5.10 Å². The summed E-state index contributed by atoms with van der Waals surface area (Å²) in [5, 5.41) is 23.3. The third-order valence-electron chi connectivity index (χ3n) is 4.70. The topological polar surface area (TPSA) is 136 Å². The minimum atomic E-state index is -0.492. The lowest BCUT2D eigenvalue weighted by Crippen LogP contribution is -2.13. The summed E-state index contributed by atoms with van der Waals surface area (Å²) in [5.74, 6) is -0.0574. The maximum atomic E-state index is 13.2. The monoisotopic (exact) mass is 474 g/mol. The molecule has 0 radical (unpaired) electrons. The van der Waals surface area contributed by atoms with E-state index in [-0.39, 0.29) is 27.6 Å². The predicted octanol–water partition coefficient (Wildman–Crippen LogP) is 5.00. The van der Waals surface area contributed by atoms with E-state index < -0.39 is 4.92 Å². The Balaban J connectivity index is 1.60. The van der Waals surface area contributed by atoms with Gasteiger partial charge in [0.2, 0.25) is 11.7 Å². The van der Waals surface area contributed by atoms with Crippen molar-refractivity contribution in [2.75, 3.05) is 5.43 Å². The molecular formula is C23H18N6O4S. The number of non-ortho nitro benzene ring substituents is 1. The van der Waals surface area contributed by atoms with Crippen molar-refractivity contribution in [3.8, 4) is 11.5 Å². The fraction of sp³-hybridized carbons (Fsp3) is 0.0870. The first-order valence-corrected chi connectivity index (χ1v) is 11.0. The van der Waals surface area contributed by atoms with Gasteiger partial charge in [-0.25, -0.2) is 0 Å². The summed E-state index contributed by atoms with van der Waals surface area (Å²) in [6.45, 7) is 2.03. The Morgan fingerprint density at radius 1 is 1.06 bits per heavy atom. The van der Waals surface area contributed by atoms with Crippen LogP contribution in [0.5, 0.6) is 0 Å². The van der Waals surface area contributed by atoms with Crippen molar-refractivity contribution in [3.63, 3.8) is 0 Å². The number of hydrogen-bond acceptors (Lipinski definition) is 10. The summed E-state index contributed by atoms with van der Waals surface area (Å²) in [6, 6.07) is 16.4. The summed E-state index contributed by atoms with van der Waals surface area (Å²) in [7, 11) is 0. The number of aryl methyl sites for hydroxylation is 1. The maximum Gasteiger partial charge on any atom is 0.283 e. The standard InChI is InChI=1S/C23H18N6O4S/c1-2-15-3-5-16(6-4-15)20(30)22(27-25-18-7-9-19(10-8-18)29(31)32)34-23-28-26-21(33-23)17-11-13-24-14-12-17/h3-14,25H,2H2,1H3/b27-22-. The van der Waals surface area contributed by atoms with Gasteiger partial charge < -0.3 is 4.42 Å². The number of hydrazone groups is 1. The highest BCUT2D eigenvalue weighted by molar-refractivity contribution is 8.15. The lowest BCUT2D eigenvalue weighted by molar-refractivity contribution is -0.384. The number of nitro benzene ring substituents is 1. The lowest BCUT2D eigenvalue weighted by atomic mass is 10.1. The second kappa shape index (κ2) is 10.5. The van der Waals surface area contributed by atoms with Crippen LogP contribution in [0.1, 0.15) is 22.8 Å². The largest absolute Gasteiger partial charge is 0.411 e. The highest BCUT2D eigenvalue weighted by Crippen LogP contribution is 2.26. The third kappa shape index (κ3) is 5.51. The Morgan fingerprint density at radius 3 is 2.41 bits per heavy atom. The lowest BCUT2D eigenvalue weighted by Gasteiger charge is -2.06. The number of nitrogens with zero attached hydrogens (tertiary/aromatic N) is 5. The first kappa shape index (κ1) is 22.8. The molecule has 0 aliphatic rings. The van der Waals surface area contributed by atoms with E-state index >= 15 is 0 Å². The molecule has 170 valence electrons. The Morgan fingerprint density at radius 2 is 1.76 bits per heavy atom. The van der Waals surface area contributed by atoms with Crippen molar-refractivity contribution in [2.45, 2.75) is 18.6 Å². The van der Waals surface area contributed by atoms with Crippen molar-refractivity contribution in [3.05, 3.63) is 94.3 Å². The number of aromatic nitrogens is 3. The average Bonchev–Trinajstić information content (AvgIpc) is 3.35. The number of Topliss-reactive ketones (excluding diaryl/α,β-unsaturated/α-hetero) is 1. The molecule has 11 heteroatoms. The zero-order valence-corrected chi connectivity index (χ0v) is 18.7. The molecule has 0 saturated carbocycles. The second-order valence-electron chi connectivity index (χ2n) is 6.92. The van der Waals surface area contributed by atoms with Crippen LogP contribution in [-0.2, 0) is 6.42 Å². The van der Waals surface area contributed by atoms with Crippen molar-refractivity contribution in [1.82, 2.24) is 15.2 Å². The van der Waals surface area contributed by atoms with E-state index in [9.17, 15) is 14.9 Å². The SMILES string of the molecule is CCc1ccc(C(=O)/C(=N/Nc2ccc([N+](=O)[O-])cc2)Sc2nnc(-c3ccncc3)o2)cc1. The highest BCUT2D eigenvalue weighted by Gasteiger charge is 2.20. The Hall–Kier alpha value is -4.38. The fourth-order valence-electron chi connectivity index (χ4n) is 2.85. The number of carbonyl (C=O) groups is 1. The fourth-order valence-corrected chi connectivity index (χ4v) is 3.52. The van der Waals surface area contributed by atoms with Crippen LogP contribution in [-0.4, -0.2) is 30.9 Å². The van der Waals surface area contributed by atoms with Gasteiger partial charge in [-0.1, -0.05) is 31.2 Å². The summed E-state index contributed by atoms with van der Waals surface area (Å²) in [6.07, 6.45) is 4.07. The molecule has 0 amide bonds. The van der Waals surface area contributed by atoms with Crippen LogP contribution in [0.3, 0.4) is 0 Å². The quantitative estimate of drug-likeness (QED) is 0.0933. The van der Waals surface area contributed by atoms with E-state index in [0.29, 0.717) is 16.8 Å². The molecule has 0 spiro atoms. The van der Waals surface area contributed by atoms with Crippen LogP contribution >= 0.6 is 11.8 Å². The molecule has 0 saturated heterocycles. The molecular weight excluding hydrogens is 456 g/mol. The Labute approximate surface area is 198 Å². The van der Waals surface area contributed by atoms with Crippen LogP contribution in [0.15, 0.2) is 87.8 Å². The highest BCUT2D eigenvalue weighted by atomic mass is 32.2. The van der Waals surface area contributed by atoms with Crippen LogP contribution in [0.4, 0.5) is 11.4 Å². The molecule has 0 unspecified atom stereocenters. The first-order chi connectivity index (χ1) is 16.5. The molecule has 4 aromatic rings. The molecule has 2 aromatic carbocycles. The summed E-state index contributed by atoms with van der Waals surface area (Å²) >= 11 is 0.918. The number of anilines is 1. The summed E-state index contributed by atoms with van der Waals surface area (Å²) in [5.41, 5.74) is 5.43. The van der Waals surface area contributed by atoms with Gasteiger partial charge in [0.15, 0.2) is 5.04 Å². The van der Waals surface area contributed by atoms with Gasteiger partial charge in [0.25, 0.3) is 10.9 Å². The number of nitro groups is 1. The number of pyridine rings is 1. The second-order valence-corrected chi connectivity index (χ2v) is 7.86. The van der Waals surface area contributed by atoms with Gasteiger partial charge in [-0.15, -0.1) is 10.2 Å². The van der Waals surface area contributed by atoms with Gasteiger partial charge in [-0.05, 0) is 48.0 Å². The molecule has 2 aromatic heterocycles. The summed E-state index contributed by atoms with van der Waals surface area (Å²) < 4.78 is 5.69. The molecule has 34 heavy (non-hydrogen) atoms. The van der Waals surface area contributed by atoms with Gasteiger partial charge in [-0.3, -0.25) is 25.3 Å². The minimum Gasteiger partial charge on any atom is -0.411 e. The van der Waals surface area contributed by atoms with E-state index in [2.05, 4.69) is 25.7 Å². The predicted molar refractivity (Wildman–Crippen MR) is 128 cm³/mol. The molecule has 0 fully saturated rings. The van der Waals surface area contributed by atoms with E-state index in [1.54, 1.807) is 36.7 Å². The minimum absolute atomic E-state index is 0.0503. The Bertz CT molecular complexity index is 1320. The number of carbonyl (C=O) groups excluding carboxylic acids is 1. The van der Waals surface area contributed by atoms with Gasteiger partial charge in [-0.2, -0.15) is 5.10 Å². The maximum absolute atomic E-state index is 13.2. The number of hydrogen-bond donors (Lipinski definition) is 1. The molecule has 0 aliphatic heterocycles. The summed E-state index contributed by atoms with van der Waals surface area (Å²) in [4.78, 5) is 27.5. The van der Waals surface area contributed by atoms with Gasteiger partial charge >= 0.3 is 0 Å². The van der Waals surface area contributed by atoms with Gasteiger partial charge in [0, 0.05) is 35.7 Å². The van der Waals surface area contributed by atoms with Crippen molar-refractivity contribution in [1.29, 1.82) is 0 Å². The molecule has 10 nitrogen and oxygen atoms in total. The molecule has 0 bridgehead atoms. The average molecular weight is 475 g/mol. The van der Waals surface area contributed by atoms with Gasteiger partial charge in [0.1, 0.15) is 0 Å². The zero-order chi connectivity index (χ0) is 23.9. The Kier molecular flexibility index (Phi) is 7.04. The number of thioether (sulfide) groups is 1. The van der Waals surface area contributed by atoms with E-state index in [4.69, 9.17) is 4.42 Å². The van der Waals surface area contributed by atoms with Crippen LogP contribution in [0.2, 0.25) is 0 Å². The molecule has 0 atom stereocenters. The third-order valence-corrected chi connectivity index (χ3v) is 5.51. The van der Waals surface area contributed by atoms with Crippen molar-refractivity contribution < 1.29 is 14.1 Å². The molecule has 4 rings (SSSR count). The number of rotatable bonds is 8. The van der Waals surface area contributed by atoms with Crippen molar-refractivity contribution >= 4 is 34.0 Å². The normalized spacial score (nSPS) is 11.3. The van der Waals surface area contributed by atoms with E-state index in [1.165, 1.54) is 24.3 Å².